The molecule has 4 N–H and O–H groups in total. The lowest BCUT2D eigenvalue weighted by molar-refractivity contribution is 0.155. The fraction of sp³-hybridized carbons (Fsp3) is 0.400. The molecule has 23 heavy (non-hydrogen) atoms. The molecule has 0 amide bonds. The van der Waals surface area contributed by atoms with Crippen LogP contribution in [0.1, 0.15) is 30.0 Å². The number of likely N-dealkylation sites (tertiary alicyclic amines) is 1. The Hall–Kier alpha value is -1.68. The van der Waals surface area contributed by atoms with Crippen molar-refractivity contribution in [2.24, 2.45) is 17.4 Å². The van der Waals surface area contributed by atoms with E-state index < -0.39 is 0 Å². The Morgan fingerprint density at radius 2 is 1.43 bits per heavy atom. The van der Waals surface area contributed by atoms with Crippen molar-refractivity contribution in [3.05, 3.63) is 71.8 Å². The fourth-order valence-electron chi connectivity index (χ4n) is 3.53. The van der Waals surface area contributed by atoms with Gasteiger partial charge in [0.05, 0.1) is 0 Å². The molecular formula is C20H27N3. The van der Waals surface area contributed by atoms with Crippen LogP contribution >= 0.6 is 0 Å². The first-order valence-corrected chi connectivity index (χ1v) is 8.56. The number of piperidine rings is 1. The van der Waals surface area contributed by atoms with Crippen molar-refractivity contribution >= 4 is 0 Å². The summed E-state index contributed by atoms with van der Waals surface area (Å²) in [5.41, 5.74) is 15.4. The number of rotatable bonds is 5. The molecule has 2 unspecified atom stereocenters. The molecule has 0 spiro atoms. The average molecular weight is 309 g/mol. The lowest BCUT2D eigenvalue weighted by atomic mass is 9.84. The molecule has 2 atom stereocenters. The topological polar surface area (TPSA) is 55.3 Å². The zero-order chi connectivity index (χ0) is 16.1. The molecule has 0 aromatic heterocycles. The predicted octanol–water partition coefficient (Wildman–Crippen LogP) is 2.93. The first-order valence-electron chi connectivity index (χ1n) is 8.56. The second-order valence-electron chi connectivity index (χ2n) is 6.61. The molecule has 2 aromatic carbocycles. The van der Waals surface area contributed by atoms with Crippen molar-refractivity contribution in [1.82, 2.24) is 4.90 Å². The van der Waals surface area contributed by atoms with Crippen LogP contribution in [0.2, 0.25) is 0 Å². The van der Waals surface area contributed by atoms with Crippen LogP contribution in [-0.4, -0.2) is 24.0 Å². The highest BCUT2D eigenvalue weighted by atomic mass is 15.1. The molecule has 1 aliphatic heterocycles. The van der Waals surface area contributed by atoms with E-state index in [0.29, 0.717) is 5.92 Å². The van der Waals surface area contributed by atoms with E-state index in [2.05, 4.69) is 47.4 Å². The molecule has 1 fully saturated rings. The van der Waals surface area contributed by atoms with E-state index in [-0.39, 0.29) is 12.1 Å². The van der Waals surface area contributed by atoms with Crippen molar-refractivity contribution in [2.75, 3.05) is 13.1 Å². The Kier molecular flexibility index (Phi) is 5.44. The summed E-state index contributed by atoms with van der Waals surface area (Å²) < 4.78 is 0. The zero-order valence-corrected chi connectivity index (χ0v) is 13.6. The highest BCUT2D eigenvalue weighted by Gasteiger charge is 2.28. The zero-order valence-electron chi connectivity index (χ0n) is 13.6. The van der Waals surface area contributed by atoms with Gasteiger partial charge in [-0.3, -0.25) is 4.90 Å². The summed E-state index contributed by atoms with van der Waals surface area (Å²) in [5, 5.41) is 0. The van der Waals surface area contributed by atoms with Gasteiger partial charge in [0.2, 0.25) is 0 Å². The summed E-state index contributed by atoms with van der Waals surface area (Å²) >= 11 is 0. The molecule has 3 nitrogen and oxygen atoms in total. The number of nitrogens with two attached hydrogens (primary N) is 2. The average Bonchev–Trinajstić information content (AvgIpc) is 2.63. The van der Waals surface area contributed by atoms with Gasteiger partial charge < -0.3 is 11.5 Å². The molecule has 3 rings (SSSR count). The molecule has 0 radical (unpaired) electrons. The molecule has 122 valence electrons. The van der Waals surface area contributed by atoms with Gasteiger partial charge in [-0.1, -0.05) is 60.7 Å². The Bertz CT molecular complexity index is 576. The molecular weight excluding hydrogens is 282 g/mol. The van der Waals surface area contributed by atoms with Crippen LogP contribution in [0.15, 0.2) is 60.7 Å². The summed E-state index contributed by atoms with van der Waals surface area (Å²) in [6.07, 6.45) is 2.27. The molecule has 1 heterocycles. The largest absolute Gasteiger partial charge is 0.326 e. The summed E-state index contributed by atoms with van der Waals surface area (Å²) in [5.74, 6) is 0.511. The minimum atomic E-state index is -0.0677. The van der Waals surface area contributed by atoms with Crippen LogP contribution in [0.4, 0.5) is 0 Å². The molecule has 0 bridgehead atoms. The Morgan fingerprint density at radius 1 is 0.870 bits per heavy atom. The highest BCUT2D eigenvalue weighted by molar-refractivity contribution is 5.20. The van der Waals surface area contributed by atoms with Crippen molar-refractivity contribution < 1.29 is 0 Å². The van der Waals surface area contributed by atoms with Crippen molar-refractivity contribution in [3.8, 4) is 0 Å². The van der Waals surface area contributed by atoms with Gasteiger partial charge in [0.1, 0.15) is 0 Å². The lowest BCUT2D eigenvalue weighted by Gasteiger charge is -2.36. The van der Waals surface area contributed by atoms with Gasteiger partial charge in [-0.15, -0.1) is 0 Å². The van der Waals surface area contributed by atoms with E-state index in [4.69, 9.17) is 11.5 Å². The van der Waals surface area contributed by atoms with Crippen LogP contribution in [0.5, 0.6) is 0 Å². The van der Waals surface area contributed by atoms with E-state index in [0.717, 1.165) is 38.0 Å². The summed E-state index contributed by atoms with van der Waals surface area (Å²) in [7, 11) is 0. The lowest BCUT2D eigenvalue weighted by Crippen LogP contribution is -2.45. The molecule has 3 heteroatoms. The van der Waals surface area contributed by atoms with Gasteiger partial charge >= 0.3 is 0 Å². The Balaban J connectivity index is 1.52. The van der Waals surface area contributed by atoms with Gasteiger partial charge in [0.25, 0.3) is 0 Å². The molecule has 2 aromatic rings. The number of nitrogens with zero attached hydrogens (tertiary/aromatic N) is 1. The maximum atomic E-state index is 6.48. The monoisotopic (exact) mass is 309 g/mol. The summed E-state index contributed by atoms with van der Waals surface area (Å²) in [4.78, 5) is 2.52. The molecule has 0 aliphatic carbocycles. The van der Waals surface area contributed by atoms with Gasteiger partial charge in [-0.25, -0.2) is 0 Å². The third-order valence-corrected chi connectivity index (χ3v) is 5.02. The van der Waals surface area contributed by atoms with Gasteiger partial charge in [-0.2, -0.15) is 0 Å². The third kappa shape index (κ3) is 4.20. The second-order valence-corrected chi connectivity index (χ2v) is 6.61. The molecule has 1 aliphatic rings. The minimum Gasteiger partial charge on any atom is -0.326 e. The summed E-state index contributed by atoms with van der Waals surface area (Å²) in [6.45, 7) is 3.25. The first-order chi connectivity index (χ1) is 11.2. The van der Waals surface area contributed by atoms with E-state index in [1.54, 1.807) is 0 Å². The van der Waals surface area contributed by atoms with E-state index in [1.807, 2.05) is 18.2 Å². The number of hydrogen-bond donors (Lipinski definition) is 2. The smallest absolute Gasteiger partial charge is 0.0451 e. The Labute approximate surface area is 139 Å². The van der Waals surface area contributed by atoms with Crippen molar-refractivity contribution in [2.45, 2.75) is 31.5 Å². The quantitative estimate of drug-likeness (QED) is 0.893. The Morgan fingerprint density at radius 3 is 2.04 bits per heavy atom. The minimum absolute atomic E-state index is 0.0382. The fourth-order valence-corrected chi connectivity index (χ4v) is 3.53. The van der Waals surface area contributed by atoms with E-state index >= 15 is 0 Å². The van der Waals surface area contributed by atoms with E-state index in [9.17, 15) is 0 Å². The normalized spacial score (nSPS) is 19.4. The van der Waals surface area contributed by atoms with Gasteiger partial charge in [0, 0.05) is 18.6 Å². The first kappa shape index (κ1) is 16.2. The molecule has 0 saturated carbocycles. The van der Waals surface area contributed by atoms with Crippen LogP contribution in [0.25, 0.3) is 0 Å². The SMILES string of the molecule is NC(c1ccccc1)C(N)C1CCN(Cc2ccccc2)CC1. The second kappa shape index (κ2) is 7.73. The number of hydrogen-bond acceptors (Lipinski definition) is 3. The maximum Gasteiger partial charge on any atom is 0.0451 e. The highest BCUT2D eigenvalue weighted by Crippen LogP contribution is 2.27. The summed E-state index contributed by atoms with van der Waals surface area (Å²) in [6, 6.07) is 20.9. The predicted molar refractivity (Wildman–Crippen MR) is 95.8 cm³/mol. The van der Waals surface area contributed by atoms with Crippen molar-refractivity contribution in [1.29, 1.82) is 0 Å². The number of benzene rings is 2. The standard InChI is InChI=1S/C20H27N3/c21-19(17-9-5-2-6-10-17)20(22)18-11-13-23(14-12-18)15-16-7-3-1-4-8-16/h1-10,18-20H,11-15,21-22H2. The van der Waals surface area contributed by atoms with Crippen LogP contribution in [0, 0.1) is 5.92 Å². The maximum absolute atomic E-state index is 6.48. The van der Waals surface area contributed by atoms with Gasteiger partial charge in [-0.05, 0) is 43.0 Å². The third-order valence-electron chi connectivity index (χ3n) is 5.02. The van der Waals surface area contributed by atoms with Crippen LogP contribution < -0.4 is 11.5 Å². The van der Waals surface area contributed by atoms with Crippen molar-refractivity contribution in [3.63, 3.8) is 0 Å². The molecule has 1 saturated heterocycles. The van der Waals surface area contributed by atoms with Crippen LogP contribution in [0.3, 0.4) is 0 Å². The van der Waals surface area contributed by atoms with E-state index in [1.165, 1.54) is 5.56 Å². The van der Waals surface area contributed by atoms with Gasteiger partial charge in [0.15, 0.2) is 0 Å². The van der Waals surface area contributed by atoms with Crippen LogP contribution in [-0.2, 0) is 6.54 Å².